The fourth-order valence-corrected chi connectivity index (χ4v) is 6.60. The van der Waals surface area contributed by atoms with Crippen molar-refractivity contribution in [3.8, 4) is 5.75 Å². The van der Waals surface area contributed by atoms with Crippen molar-refractivity contribution in [1.29, 1.82) is 0 Å². The minimum absolute atomic E-state index is 0.0583. The van der Waals surface area contributed by atoms with Crippen LogP contribution in [0.3, 0.4) is 0 Å². The minimum Gasteiger partial charge on any atom is -0.497 e. The third kappa shape index (κ3) is 4.57. The number of benzene rings is 2. The maximum absolute atomic E-state index is 13.1. The Balaban J connectivity index is 1.80. The van der Waals surface area contributed by atoms with Crippen molar-refractivity contribution >= 4 is 25.7 Å². The predicted octanol–water partition coefficient (Wildman–Crippen LogP) is 3.45. The predicted molar refractivity (Wildman–Crippen MR) is 112 cm³/mol. The molecule has 0 spiro atoms. The monoisotopic (exact) mass is 438 g/mol. The van der Waals surface area contributed by atoms with Crippen LogP contribution in [-0.2, 0) is 20.0 Å². The van der Waals surface area contributed by atoms with E-state index in [2.05, 4.69) is 4.72 Å². The normalized spacial score (nSPS) is 20.9. The van der Waals surface area contributed by atoms with Crippen molar-refractivity contribution in [2.75, 3.05) is 11.8 Å². The smallest absolute Gasteiger partial charge is 0.261 e. The second-order valence-corrected chi connectivity index (χ2v) is 10.8. The minimum atomic E-state index is -3.79. The van der Waals surface area contributed by atoms with Crippen LogP contribution in [-0.4, -0.2) is 40.3 Å². The zero-order valence-electron chi connectivity index (χ0n) is 16.7. The first-order chi connectivity index (χ1) is 13.6. The second kappa shape index (κ2) is 8.33. The standard InChI is InChI=1S/C20H26N2O5S2/c1-15-5-4-6-16(2)22(15)29(25,26)20-11-7-17(8-12-20)21-28(23,24)19-13-9-18(27-3)10-14-19/h7-16,21H,4-6H2,1-3H3. The van der Waals surface area contributed by atoms with Crippen LogP contribution in [0, 0.1) is 0 Å². The molecule has 0 aromatic heterocycles. The maximum atomic E-state index is 13.1. The molecule has 0 bridgehead atoms. The van der Waals surface area contributed by atoms with Gasteiger partial charge in [0.05, 0.1) is 16.9 Å². The van der Waals surface area contributed by atoms with Gasteiger partial charge in [0.2, 0.25) is 10.0 Å². The average molecular weight is 439 g/mol. The Morgan fingerprint density at radius 1 is 0.862 bits per heavy atom. The van der Waals surface area contributed by atoms with Crippen molar-refractivity contribution in [2.24, 2.45) is 0 Å². The SMILES string of the molecule is COc1ccc(S(=O)(=O)Nc2ccc(S(=O)(=O)N3C(C)CCCC3C)cc2)cc1. The number of hydrogen-bond donors (Lipinski definition) is 1. The van der Waals surface area contributed by atoms with Crippen LogP contribution in [0.15, 0.2) is 58.3 Å². The molecule has 3 rings (SSSR count). The summed E-state index contributed by atoms with van der Waals surface area (Å²) in [6, 6.07) is 11.7. The van der Waals surface area contributed by atoms with Gasteiger partial charge in [0.1, 0.15) is 5.75 Å². The Morgan fingerprint density at radius 3 is 1.90 bits per heavy atom. The number of anilines is 1. The van der Waals surface area contributed by atoms with Crippen molar-refractivity contribution in [3.05, 3.63) is 48.5 Å². The van der Waals surface area contributed by atoms with Crippen LogP contribution in [0.5, 0.6) is 5.75 Å². The van der Waals surface area contributed by atoms with E-state index in [-0.39, 0.29) is 21.9 Å². The molecule has 1 aliphatic rings. The molecule has 1 N–H and O–H groups in total. The lowest BCUT2D eigenvalue weighted by Crippen LogP contribution is -2.47. The fraction of sp³-hybridized carbons (Fsp3) is 0.400. The number of nitrogens with one attached hydrogen (secondary N) is 1. The molecule has 1 saturated heterocycles. The van der Waals surface area contributed by atoms with Gasteiger partial charge in [-0.1, -0.05) is 6.42 Å². The lowest BCUT2D eigenvalue weighted by molar-refractivity contribution is 0.204. The summed E-state index contributed by atoms with van der Waals surface area (Å²) in [4.78, 5) is 0.247. The lowest BCUT2D eigenvalue weighted by Gasteiger charge is -2.37. The van der Waals surface area contributed by atoms with Gasteiger partial charge in [0, 0.05) is 17.8 Å². The van der Waals surface area contributed by atoms with E-state index in [9.17, 15) is 16.8 Å². The first-order valence-corrected chi connectivity index (χ1v) is 12.4. The summed E-state index contributed by atoms with van der Waals surface area (Å²) < 4.78 is 60.3. The molecule has 0 saturated carbocycles. The highest BCUT2D eigenvalue weighted by Crippen LogP contribution is 2.30. The topological polar surface area (TPSA) is 92.8 Å². The van der Waals surface area contributed by atoms with Gasteiger partial charge in [0.25, 0.3) is 10.0 Å². The van der Waals surface area contributed by atoms with E-state index >= 15 is 0 Å². The molecule has 29 heavy (non-hydrogen) atoms. The quantitative estimate of drug-likeness (QED) is 0.746. The molecule has 1 heterocycles. The van der Waals surface area contributed by atoms with Crippen molar-refractivity contribution in [3.63, 3.8) is 0 Å². The summed E-state index contributed by atoms with van der Waals surface area (Å²) in [5.74, 6) is 0.555. The molecule has 2 aromatic rings. The van der Waals surface area contributed by atoms with E-state index < -0.39 is 20.0 Å². The van der Waals surface area contributed by atoms with E-state index in [0.717, 1.165) is 19.3 Å². The highest BCUT2D eigenvalue weighted by Gasteiger charge is 2.35. The van der Waals surface area contributed by atoms with Gasteiger partial charge in [-0.25, -0.2) is 16.8 Å². The molecule has 2 atom stereocenters. The Bertz CT molecular complexity index is 1040. The summed E-state index contributed by atoms with van der Waals surface area (Å²) in [7, 11) is -5.93. The van der Waals surface area contributed by atoms with Gasteiger partial charge in [-0.15, -0.1) is 0 Å². The molecule has 0 radical (unpaired) electrons. The van der Waals surface area contributed by atoms with Crippen molar-refractivity contribution in [1.82, 2.24) is 4.31 Å². The molecule has 9 heteroatoms. The molecule has 0 amide bonds. The largest absolute Gasteiger partial charge is 0.497 e. The summed E-state index contributed by atoms with van der Waals surface area (Å²) in [6.07, 6.45) is 2.69. The second-order valence-electron chi connectivity index (χ2n) is 7.27. The number of sulfonamides is 2. The van der Waals surface area contributed by atoms with E-state index in [4.69, 9.17) is 4.74 Å². The first kappa shape index (κ1) is 21.6. The highest BCUT2D eigenvalue weighted by atomic mass is 32.2. The van der Waals surface area contributed by atoms with E-state index in [0.29, 0.717) is 11.4 Å². The molecule has 1 aliphatic heterocycles. The maximum Gasteiger partial charge on any atom is 0.261 e. The Morgan fingerprint density at radius 2 is 1.38 bits per heavy atom. The number of hydrogen-bond acceptors (Lipinski definition) is 5. The Hall–Kier alpha value is -2.10. The first-order valence-electron chi connectivity index (χ1n) is 9.45. The molecule has 158 valence electrons. The molecule has 1 fully saturated rings. The van der Waals surface area contributed by atoms with Crippen LogP contribution in [0.25, 0.3) is 0 Å². The summed E-state index contributed by atoms with van der Waals surface area (Å²) in [5, 5.41) is 0. The summed E-state index contributed by atoms with van der Waals surface area (Å²) >= 11 is 0. The van der Waals surface area contributed by atoms with Crippen LogP contribution < -0.4 is 9.46 Å². The third-order valence-corrected chi connectivity index (χ3v) is 8.70. The molecule has 2 aromatic carbocycles. The number of ether oxygens (including phenoxy) is 1. The van der Waals surface area contributed by atoms with Crippen LogP contribution in [0.1, 0.15) is 33.1 Å². The number of piperidine rings is 1. The van der Waals surface area contributed by atoms with E-state index in [1.807, 2.05) is 13.8 Å². The van der Waals surface area contributed by atoms with Crippen molar-refractivity contribution < 1.29 is 21.6 Å². The van der Waals surface area contributed by atoms with Crippen LogP contribution >= 0.6 is 0 Å². The van der Waals surface area contributed by atoms with Gasteiger partial charge in [-0.05, 0) is 75.2 Å². The number of rotatable bonds is 6. The van der Waals surface area contributed by atoms with Crippen molar-refractivity contribution in [2.45, 2.75) is 55.0 Å². The molecule has 7 nitrogen and oxygen atoms in total. The van der Waals surface area contributed by atoms with Crippen LogP contribution in [0.4, 0.5) is 5.69 Å². The molecular weight excluding hydrogens is 412 g/mol. The Labute approximate surface area is 172 Å². The number of methoxy groups -OCH3 is 1. The van der Waals surface area contributed by atoms with Gasteiger partial charge in [-0.3, -0.25) is 4.72 Å². The highest BCUT2D eigenvalue weighted by molar-refractivity contribution is 7.92. The zero-order valence-corrected chi connectivity index (χ0v) is 18.3. The molecular formula is C20H26N2O5S2. The van der Waals surface area contributed by atoms with Gasteiger partial charge in [-0.2, -0.15) is 4.31 Å². The van der Waals surface area contributed by atoms with Gasteiger partial charge >= 0.3 is 0 Å². The van der Waals surface area contributed by atoms with Gasteiger partial charge < -0.3 is 4.74 Å². The summed E-state index contributed by atoms with van der Waals surface area (Å²) in [6.45, 7) is 3.84. The van der Waals surface area contributed by atoms with E-state index in [1.54, 1.807) is 16.4 Å². The van der Waals surface area contributed by atoms with Crippen LogP contribution in [0.2, 0.25) is 0 Å². The average Bonchev–Trinajstić information content (AvgIpc) is 2.68. The molecule has 0 aliphatic carbocycles. The van der Waals surface area contributed by atoms with E-state index in [1.165, 1.54) is 43.5 Å². The lowest BCUT2D eigenvalue weighted by atomic mass is 10.0. The molecule has 2 unspecified atom stereocenters. The fourth-order valence-electron chi connectivity index (χ4n) is 3.66. The summed E-state index contributed by atoms with van der Waals surface area (Å²) in [5.41, 5.74) is 0.291. The third-order valence-electron chi connectivity index (χ3n) is 5.16. The Kier molecular flexibility index (Phi) is 6.21. The van der Waals surface area contributed by atoms with Gasteiger partial charge in [0.15, 0.2) is 0 Å². The number of nitrogens with zero attached hydrogens (tertiary/aromatic N) is 1. The zero-order chi connectivity index (χ0) is 21.2.